The molecule has 1 aromatic rings. The molecule has 0 radical (unpaired) electrons. The summed E-state index contributed by atoms with van der Waals surface area (Å²) in [5.41, 5.74) is 0.823. The van der Waals surface area contributed by atoms with Crippen molar-refractivity contribution in [3.05, 3.63) is 17.0 Å². The van der Waals surface area contributed by atoms with E-state index in [0.29, 0.717) is 11.0 Å². The summed E-state index contributed by atoms with van der Waals surface area (Å²) in [5, 5.41) is 3.24. The zero-order valence-corrected chi connectivity index (χ0v) is 6.61. The van der Waals surface area contributed by atoms with Crippen LogP contribution in [0.3, 0.4) is 0 Å². The molecule has 0 spiro atoms. The molecule has 10 heavy (non-hydrogen) atoms. The number of nitrogens with zero attached hydrogens (tertiary/aromatic N) is 2. The van der Waals surface area contributed by atoms with Crippen LogP contribution in [0.4, 0.5) is 5.82 Å². The smallest absolute Gasteiger partial charge is 0.171 e. The zero-order chi connectivity index (χ0) is 7.56. The first-order valence-corrected chi connectivity index (χ1v) is 3.28. The van der Waals surface area contributed by atoms with Crippen LogP contribution in [0.25, 0.3) is 0 Å². The molecule has 0 aliphatic rings. The molecule has 3 nitrogen and oxygen atoms in total. The molecular formula is C6H8ClN3. The van der Waals surface area contributed by atoms with Crippen LogP contribution >= 0.6 is 11.6 Å². The number of anilines is 1. The van der Waals surface area contributed by atoms with Crippen molar-refractivity contribution in [3.63, 3.8) is 0 Å². The van der Waals surface area contributed by atoms with Gasteiger partial charge in [-0.2, -0.15) is 0 Å². The molecule has 0 aromatic carbocycles. The van der Waals surface area contributed by atoms with Gasteiger partial charge in [-0.25, -0.2) is 9.97 Å². The summed E-state index contributed by atoms with van der Waals surface area (Å²) in [6.07, 6.45) is 1.66. The highest BCUT2D eigenvalue weighted by molar-refractivity contribution is 6.31. The second kappa shape index (κ2) is 2.84. The summed E-state index contributed by atoms with van der Waals surface area (Å²) < 4.78 is 0. The highest BCUT2D eigenvalue weighted by Crippen LogP contribution is 2.14. The number of hydrogen-bond acceptors (Lipinski definition) is 3. The van der Waals surface area contributed by atoms with Gasteiger partial charge in [0.05, 0.1) is 11.9 Å². The maximum atomic E-state index is 5.69. The van der Waals surface area contributed by atoms with E-state index in [9.17, 15) is 0 Å². The van der Waals surface area contributed by atoms with E-state index in [1.54, 1.807) is 13.2 Å². The topological polar surface area (TPSA) is 37.8 Å². The minimum Gasteiger partial charge on any atom is -0.371 e. The average molecular weight is 158 g/mol. The van der Waals surface area contributed by atoms with Gasteiger partial charge in [0, 0.05) is 7.05 Å². The van der Waals surface area contributed by atoms with E-state index in [4.69, 9.17) is 11.6 Å². The van der Waals surface area contributed by atoms with Crippen molar-refractivity contribution >= 4 is 17.4 Å². The molecule has 1 aromatic heterocycles. The van der Waals surface area contributed by atoms with Gasteiger partial charge in [0.1, 0.15) is 0 Å². The lowest BCUT2D eigenvalue weighted by molar-refractivity contribution is 1.11. The predicted molar refractivity (Wildman–Crippen MR) is 41.3 cm³/mol. The normalized spacial score (nSPS) is 9.50. The van der Waals surface area contributed by atoms with Gasteiger partial charge in [0.2, 0.25) is 0 Å². The number of rotatable bonds is 1. The third-order valence-electron chi connectivity index (χ3n) is 1.09. The van der Waals surface area contributed by atoms with E-state index in [1.165, 1.54) is 0 Å². The van der Waals surface area contributed by atoms with Crippen LogP contribution in [0.1, 0.15) is 5.69 Å². The van der Waals surface area contributed by atoms with Crippen LogP contribution in [0.5, 0.6) is 0 Å². The molecular weight excluding hydrogens is 150 g/mol. The Kier molecular flexibility index (Phi) is 2.06. The Balaban J connectivity index is 3.07. The van der Waals surface area contributed by atoms with Gasteiger partial charge < -0.3 is 5.32 Å². The van der Waals surface area contributed by atoms with Crippen molar-refractivity contribution < 1.29 is 0 Å². The average Bonchev–Trinajstić information content (AvgIpc) is 1.88. The Morgan fingerprint density at radius 2 is 2.30 bits per heavy atom. The molecule has 0 fully saturated rings. The van der Waals surface area contributed by atoms with Crippen molar-refractivity contribution in [2.75, 3.05) is 12.4 Å². The molecule has 54 valence electrons. The summed E-state index contributed by atoms with van der Waals surface area (Å²) in [5.74, 6) is 0.618. The van der Waals surface area contributed by atoms with Crippen LogP contribution in [0, 0.1) is 6.92 Å². The number of aryl methyl sites for hydroxylation is 1. The molecule has 1 heterocycles. The maximum Gasteiger partial charge on any atom is 0.171 e. The number of hydrogen-bond donors (Lipinski definition) is 1. The molecule has 0 unspecified atom stereocenters. The second-order valence-electron chi connectivity index (χ2n) is 1.90. The van der Waals surface area contributed by atoms with Crippen molar-refractivity contribution in [3.8, 4) is 0 Å². The fourth-order valence-electron chi connectivity index (χ4n) is 0.616. The van der Waals surface area contributed by atoms with E-state index in [2.05, 4.69) is 15.3 Å². The predicted octanol–water partition coefficient (Wildman–Crippen LogP) is 1.48. The lowest BCUT2D eigenvalue weighted by Crippen LogP contribution is -1.95. The van der Waals surface area contributed by atoms with Gasteiger partial charge in [-0.15, -0.1) is 0 Å². The van der Waals surface area contributed by atoms with Gasteiger partial charge in [0.25, 0.3) is 0 Å². The molecule has 1 rings (SSSR count). The summed E-state index contributed by atoms with van der Waals surface area (Å²) in [7, 11) is 1.76. The highest BCUT2D eigenvalue weighted by Gasteiger charge is 1.98. The van der Waals surface area contributed by atoms with Crippen LogP contribution in [-0.4, -0.2) is 17.0 Å². The molecule has 0 bridgehead atoms. The Morgan fingerprint density at radius 3 is 2.80 bits per heavy atom. The van der Waals surface area contributed by atoms with E-state index in [1.807, 2.05) is 6.92 Å². The third-order valence-corrected chi connectivity index (χ3v) is 1.35. The largest absolute Gasteiger partial charge is 0.371 e. The summed E-state index contributed by atoms with van der Waals surface area (Å²) >= 11 is 5.69. The third kappa shape index (κ3) is 1.36. The van der Waals surface area contributed by atoms with Gasteiger partial charge in [-0.1, -0.05) is 11.6 Å². The van der Waals surface area contributed by atoms with Crippen LogP contribution < -0.4 is 5.32 Å². The van der Waals surface area contributed by atoms with Crippen LogP contribution in [-0.2, 0) is 0 Å². The lowest BCUT2D eigenvalue weighted by Gasteiger charge is -1.99. The number of halogens is 1. The summed E-state index contributed by atoms with van der Waals surface area (Å²) in [4.78, 5) is 7.98. The Bertz CT molecular complexity index is 236. The van der Waals surface area contributed by atoms with Crippen LogP contribution in [0.15, 0.2) is 6.20 Å². The number of aromatic nitrogens is 2. The summed E-state index contributed by atoms with van der Waals surface area (Å²) in [6.45, 7) is 1.85. The van der Waals surface area contributed by atoms with Gasteiger partial charge in [-0.3, -0.25) is 0 Å². The molecule has 0 aliphatic heterocycles. The fraction of sp³-hybridized carbons (Fsp3) is 0.333. The first-order valence-electron chi connectivity index (χ1n) is 2.91. The Hall–Kier alpha value is -0.830. The van der Waals surface area contributed by atoms with Gasteiger partial charge in [0.15, 0.2) is 11.0 Å². The first kappa shape index (κ1) is 7.28. The number of nitrogens with one attached hydrogen (secondary N) is 1. The summed E-state index contributed by atoms with van der Waals surface area (Å²) in [6, 6.07) is 0. The van der Waals surface area contributed by atoms with Crippen molar-refractivity contribution in [2.45, 2.75) is 6.92 Å². The molecule has 0 aliphatic carbocycles. The maximum absolute atomic E-state index is 5.69. The van der Waals surface area contributed by atoms with E-state index >= 15 is 0 Å². The van der Waals surface area contributed by atoms with E-state index < -0.39 is 0 Å². The molecule has 0 amide bonds. The minimum absolute atomic E-state index is 0.419. The zero-order valence-electron chi connectivity index (χ0n) is 5.85. The van der Waals surface area contributed by atoms with E-state index in [-0.39, 0.29) is 0 Å². The SMILES string of the molecule is CNc1ncc(C)nc1Cl. The van der Waals surface area contributed by atoms with Crippen molar-refractivity contribution in [1.29, 1.82) is 0 Å². The first-order chi connectivity index (χ1) is 4.74. The monoisotopic (exact) mass is 157 g/mol. The molecule has 0 saturated carbocycles. The quantitative estimate of drug-likeness (QED) is 0.671. The fourth-order valence-corrected chi connectivity index (χ4v) is 0.892. The van der Waals surface area contributed by atoms with E-state index in [0.717, 1.165) is 5.69 Å². The van der Waals surface area contributed by atoms with Gasteiger partial charge in [-0.05, 0) is 6.92 Å². The molecule has 0 saturated heterocycles. The molecule has 4 heteroatoms. The van der Waals surface area contributed by atoms with Crippen molar-refractivity contribution in [1.82, 2.24) is 9.97 Å². The van der Waals surface area contributed by atoms with Gasteiger partial charge >= 0.3 is 0 Å². The second-order valence-corrected chi connectivity index (χ2v) is 2.26. The Morgan fingerprint density at radius 1 is 1.60 bits per heavy atom. The lowest BCUT2D eigenvalue weighted by atomic mass is 10.5. The standard InChI is InChI=1S/C6H8ClN3/c1-4-3-9-6(8-2)5(7)10-4/h3H,1-2H3,(H,8,9). The molecule has 0 atom stereocenters. The Labute approximate surface area is 64.5 Å². The van der Waals surface area contributed by atoms with Crippen LogP contribution in [0.2, 0.25) is 5.15 Å². The highest BCUT2D eigenvalue weighted by atomic mass is 35.5. The molecule has 1 N–H and O–H groups in total. The minimum atomic E-state index is 0.419. The van der Waals surface area contributed by atoms with Crippen molar-refractivity contribution in [2.24, 2.45) is 0 Å².